The smallest absolute Gasteiger partial charge is 0.0895 e. The summed E-state index contributed by atoms with van der Waals surface area (Å²) >= 11 is 0. The predicted molar refractivity (Wildman–Crippen MR) is 75.2 cm³/mol. The summed E-state index contributed by atoms with van der Waals surface area (Å²) in [6.07, 6.45) is 3.36. The highest BCUT2D eigenvalue weighted by molar-refractivity contribution is 5.41. The number of nitrogens with zero attached hydrogens (tertiary/aromatic N) is 4. The highest BCUT2D eigenvalue weighted by Crippen LogP contribution is 2.00. The molecule has 1 unspecified atom stereocenters. The van der Waals surface area contributed by atoms with Gasteiger partial charge < -0.3 is 9.80 Å². The summed E-state index contributed by atoms with van der Waals surface area (Å²) in [4.78, 5) is 12.8. The van der Waals surface area contributed by atoms with Crippen LogP contribution in [0.25, 0.3) is 0 Å². The van der Waals surface area contributed by atoms with Crippen LogP contribution in [0.15, 0.2) is 9.98 Å². The minimum Gasteiger partial charge on any atom is -0.309 e. The summed E-state index contributed by atoms with van der Waals surface area (Å²) in [7, 11) is 8.34. The quantitative estimate of drug-likeness (QED) is 0.455. The molecule has 0 aromatic rings. The van der Waals surface area contributed by atoms with Crippen LogP contribution < -0.4 is 0 Å². The van der Waals surface area contributed by atoms with Crippen molar-refractivity contribution in [2.75, 3.05) is 47.8 Å². The van der Waals surface area contributed by atoms with Gasteiger partial charge in [0.25, 0.3) is 0 Å². The Morgan fingerprint density at radius 1 is 1.00 bits per heavy atom. The van der Waals surface area contributed by atoms with Gasteiger partial charge in [-0.25, -0.2) is 9.98 Å². The van der Waals surface area contributed by atoms with E-state index >= 15 is 0 Å². The molecule has 0 saturated heterocycles. The highest BCUT2D eigenvalue weighted by atomic mass is 15.1. The molecule has 17 heavy (non-hydrogen) atoms. The topological polar surface area (TPSA) is 31.2 Å². The molecule has 1 atom stereocenters. The first kappa shape index (κ1) is 16.3. The number of hydrogen-bond acceptors (Lipinski definition) is 4. The molecule has 0 amide bonds. The molecule has 0 bridgehead atoms. The predicted octanol–water partition coefficient (Wildman–Crippen LogP) is 1.84. The zero-order valence-electron chi connectivity index (χ0n) is 12.1. The fourth-order valence-corrected chi connectivity index (χ4v) is 1.42. The summed E-state index contributed by atoms with van der Waals surface area (Å²) in [5.41, 5.74) is 0. The van der Waals surface area contributed by atoms with Crippen LogP contribution in [0.2, 0.25) is 0 Å². The maximum atomic E-state index is 4.29. The Bertz CT molecular complexity index is 230. The van der Waals surface area contributed by atoms with Gasteiger partial charge in [0.05, 0.1) is 18.6 Å². The van der Waals surface area contributed by atoms with E-state index in [4.69, 9.17) is 0 Å². The van der Waals surface area contributed by atoms with Gasteiger partial charge in [-0.05, 0) is 67.5 Å². The van der Waals surface area contributed by atoms with Crippen molar-refractivity contribution in [2.24, 2.45) is 9.98 Å². The van der Waals surface area contributed by atoms with Gasteiger partial charge in [-0.2, -0.15) is 0 Å². The maximum absolute atomic E-state index is 4.29. The first-order valence-corrected chi connectivity index (χ1v) is 6.43. The maximum Gasteiger partial charge on any atom is 0.0895 e. The summed E-state index contributed by atoms with van der Waals surface area (Å²) in [6.45, 7) is 5.15. The highest BCUT2D eigenvalue weighted by Gasteiger charge is 1.98. The molecule has 0 aromatic heterocycles. The summed E-state index contributed by atoms with van der Waals surface area (Å²) in [6, 6.07) is 3.16. The van der Waals surface area contributed by atoms with Crippen LogP contribution in [0.1, 0.15) is 26.2 Å². The second-order valence-corrected chi connectivity index (χ2v) is 5.06. The second kappa shape index (κ2) is 10.5. The van der Waals surface area contributed by atoms with Crippen molar-refractivity contribution in [1.82, 2.24) is 9.80 Å². The van der Waals surface area contributed by atoms with E-state index in [1.807, 2.05) is 0 Å². The first-order chi connectivity index (χ1) is 8.02. The molecule has 0 saturated carbocycles. The molecule has 0 heterocycles. The van der Waals surface area contributed by atoms with E-state index in [0.717, 1.165) is 32.5 Å². The molecule has 0 N–H and O–H groups in total. The van der Waals surface area contributed by atoms with Gasteiger partial charge in [-0.3, -0.25) is 0 Å². The molecule has 4 nitrogen and oxygen atoms in total. The molecule has 0 aromatic carbocycles. The van der Waals surface area contributed by atoms with Gasteiger partial charge in [0.2, 0.25) is 0 Å². The van der Waals surface area contributed by atoms with E-state index in [1.54, 1.807) is 0 Å². The second-order valence-electron chi connectivity index (χ2n) is 5.06. The van der Waals surface area contributed by atoms with Gasteiger partial charge in [0.15, 0.2) is 0 Å². The standard InChI is InChI=1S/C13H28N4/c1-13(8-6-10-16(2)3)15-12-14-9-7-11-17(4)5/h13H,6-11H2,1-5H3. The third-order valence-electron chi connectivity index (χ3n) is 2.45. The lowest BCUT2D eigenvalue weighted by atomic mass is 10.2. The molecule has 0 spiro atoms. The average molecular weight is 240 g/mol. The lowest BCUT2D eigenvalue weighted by molar-refractivity contribution is 0.388. The lowest BCUT2D eigenvalue weighted by Crippen LogP contribution is -2.14. The van der Waals surface area contributed by atoms with Gasteiger partial charge in [-0.15, -0.1) is 0 Å². The SMILES string of the molecule is CC(CCCN(C)C)N=C=NCCCN(C)C. The zero-order valence-corrected chi connectivity index (χ0v) is 12.1. The molecule has 0 aliphatic heterocycles. The Morgan fingerprint density at radius 2 is 1.59 bits per heavy atom. The van der Waals surface area contributed by atoms with Crippen LogP contribution in [0.3, 0.4) is 0 Å². The Balaban J connectivity index is 3.57. The van der Waals surface area contributed by atoms with E-state index in [2.05, 4.69) is 60.9 Å². The van der Waals surface area contributed by atoms with E-state index in [0.29, 0.717) is 6.04 Å². The molecule has 0 radical (unpaired) electrons. The zero-order chi connectivity index (χ0) is 13.1. The van der Waals surface area contributed by atoms with Crippen molar-refractivity contribution >= 4 is 6.01 Å². The minimum atomic E-state index is 0.340. The van der Waals surface area contributed by atoms with Crippen molar-refractivity contribution < 1.29 is 0 Å². The van der Waals surface area contributed by atoms with Gasteiger partial charge in [0.1, 0.15) is 0 Å². The van der Waals surface area contributed by atoms with Gasteiger partial charge >= 0.3 is 0 Å². The summed E-state index contributed by atoms with van der Waals surface area (Å²) < 4.78 is 0. The molecule has 4 heteroatoms. The Labute approximate surface area is 106 Å². The van der Waals surface area contributed by atoms with Crippen molar-refractivity contribution in [2.45, 2.75) is 32.2 Å². The Morgan fingerprint density at radius 3 is 2.18 bits per heavy atom. The van der Waals surface area contributed by atoms with Crippen molar-refractivity contribution in [1.29, 1.82) is 0 Å². The minimum absolute atomic E-state index is 0.340. The number of aliphatic imine (C=N–C) groups is 2. The molecule has 0 rings (SSSR count). The number of hydrogen-bond donors (Lipinski definition) is 0. The van der Waals surface area contributed by atoms with E-state index in [-0.39, 0.29) is 0 Å². The molecule has 100 valence electrons. The third kappa shape index (κ3) is 13.2. The van der Waals surface area contributed by atoms with E-state index in [9.17, 15) is 0 Å². The monoisotopic (exact) mass is 240 g/mol. The summed E-state index contributed by atoms with van der Waals surface area (Å²) in [5.74, 6) is 0. The van der Waals surface area contributed by atoms with Crippen LogP contribution in [0.4, 0.5) is 0 Å². The van der Waals surface area contributed by atoms with Crippen LogP contribution in [-0.4, -0.2) is 69.7 Å². The van der Waals surface area contributed by atoms with Crippen molar-refractivity contribution in [3.8, 4) is 0 Å². The molecule has 0 fully saturated rings. The van der Waals surface area contributed by atoms with Gasteiger partial charge in [0, 0.05) is 0 Å². The van der Waals surface area contributed by atoms with Crippen LogP contribution in [0.5, 0.6) is 0 Å². The largest absolute Gasteiger partial charge is 0.309 e. The Kier molecular flexibility index (Phi) is 10.0. The Hall–Kier alpha value is -0.700. The van der Waals surface area contributed by atoms with Crippen LogP contribution in [-0.2, 0) is 0 Å². The van der Waals surface area contributed by atoms with E-state index in [1.165, 1.54) is 6.42 Å². The summed E-state index contributed by atoms with van der Waals surface area (Å²) in [5, 5.41) is 0. The van der Waals surface area contributed by atoms with Crippen LogP contribution >= 0.6 is 0 Å². The van der Waals surface area contributed by atoms with Crippen molar-refractivity contribution in [3.05, 3.63) is 0 Å². The van der Waals surface area contributed by atoms with Gasteiger partial charge in [-0.1, -0.05) is 0 Å². The molecule has 0 aliphatic rings. The van der Waals surface area contributed by atoms with Crippen LogP contribution in [0, 0.1) is 0 Å². The third-order valence-corrected chi connectivity index (χ3v) is 2.45. The fourth-order valence-electron chi connectivity index (χ4n) is 1.42. The molecule has 0 aliphatic carbocycles. The normalized spacial score (nSPS) is 12.6. The average Bonchev–Trinajstić information content (AvgIpc) is 2.22. The molecular formula is C13H28N4. The fraction of sp³-hybridized carbons (Fsp3) is 0.923. The lowest BCUT2D eigenvalue weighted by Gasteiger charge is -2.09. The van der Waals surface area contributed by atoms with E-state index < -0.39 is 0 Å². The number of rotatable bonds is 9. The first-order valence-electron chi connectivity index (χ1n) is 6.43. The van der Waals surface area contributed by atoms with Crippen molar-refractivity contribution in [3.63, 3.8) is 0 Å². The molecular weight excluding hydrogens is 212 g/mol.